The Hall–Kier alpha value is -2.54. The van der Waals surface area contributed by atoms with Gasteiger partial charge in [-0.25, -0.2) is 4.98 Å². The Bertz CT molecular complexity index is 866. The topological polar surface area (TPSA) is 82.2 Å². The highest BCUT2D eigenvalue weighted by molar-refractivity contribution is 5.78. The molecule has 7 nitrogen and oxygen atoms in total. The summed E-state index contributed by atoms with van der Waals surface area (Å²) in [5.74, 6) is 1.06. The second kappa shape index (κ2) is 7.60. The van der Waals surface area contributed by atoms with Crippen LogP contribution in [0.25, 0.3) is 0 Å². The van der Waals surface area contributed by atoms with E-state index in [1.54, 1.807) is 6.92 Å². The fraction of sp³-hybridized carbons (Fsp3) is 0.500. The molecule has 5 heterocycles. The number of H-pyrrole nitrogens is 1. The molecule has 0 radical (unpaired) electrons. The Morgan fingerprint density at radius 2 is 2.11 bits per heavy atom. The maximum Gasteiger partial charge on any atom is 0.254 e. The number of hydrogen-bond donors (Lipinski definition) is 1. The number of amides is 1. The van der Waals surface area contributed by atoms with Gasteiger partial charge in [0, 0.05) is 50.2 Å². The van der Waals surface area contributed by atoms with Crippen molar-refractivity contribution >= 4 is 5.91 Å². The second-order valence-corrected chi connectivity index (χ2v) is 7.65. The number of fused-ring (bicyclic) bond motifs is 4. The van der Waals surface area contributed by atoms with E-state index >= 15 is 0 Å². The first-order valence-corrected chi connectivity index (χ1v) is 9.55. The van der Waals surface area contributed by atoms with Crippen LogP contribution < -0.4 is 5.56 Å². The summed E-state index contributed by atoms with van der Waals surface area (Å²) in [6.45, 7) is 5.05. The van der Waals surface area contributed by atoms with Crippen molar-refractivity contribution in [1.29, 1.82) is 0 Å². The maximum atomic E-state index is 12.9. The Labute approximate surface area is 158 Å². The number of aromatic amines is 1. The third-order valence-corrected chi connectivity index (χ3v) is 5.61. The van der Waals surface area contributed by atoms with Crippen LogP contribution in [0.1, 0.15) is 29.9 Å². The number of aromatic nitrogens is 3. The first kappa shape index (κ1) is 17.9. The summed E-state index contributed by atoms with van der Waals surface area (Å²) in [5, 5.41) is 0. The molecule has 2 aromatic rings. The summed E-state index contributed by atoms with van der Waals surface area (Å²) in [6, 6.07) is 6.35. The fourth-order valence-electron chi connectivity index (χ4n) is 4.19. The average Bonchev–Trinajstić information content (AvgIpc) is 2.97. The van der Waals surface area contributed by atoms with Crippen LogP contribution in [0.3, 0.4) is 0 Å². The molecule has 1 amide bonds. The molecule has 0 aliphatic carbocycles. The first-order valence-electron chi connectivity index (χ1n) is 9.55. The second-order valence-electron chi connectivity index (χ2n) is 7.65. The van der Waals surface area contributed by atoms with E-state index in [0.717, 1.165) is 44.7 Å². The molecule has 2 aromatic heterocycles. The molecule has 3 aliphatic heterocycles. The number of piperidine rings is 1. The van der Waals surface area contributed by atoms with Crippen molar-refractivity contribution in [2.24, 2.45) is 5.92 Å². The highest BCUT2D eigenvalue weighted by atomic mass is 16.2. The maximum absolute atomic E-state index is 12.9. The molecule has 27 heavy (non-hydrogen) atoms. The lowest BCUT2D eigenvalue weighted by molar-refractivity contribution is -0.130. The molecule has 3 fully saturated rings. The first-order chi connectivity index (χ1) is 13.1. The standard InChI is InChI=1S/C20H25N5O2/c1-14-22-9-16(20(27)23-14)8-19(26)25-11-15-5-6-18(13-25)24(10-15)12-17-4-2-3-7-21-17/h2-4,7,9,15,18H,5-6,8,10-13H2,1H3,(H,22,23,27)/t15-,18-/m1/s1. The molecule has 142 valence electrons. The molecule has 7 heteroatoms. The molecule has 5 rings (SSSR count). The number of aryl methyl sites for hydroxylation is 1. The van der Waals surface area contributed by atoms with Gasteiger partial charge in [-0.15, -0.1) is 0 Å². The van der Waals surface area contributed by atoms with Crippen molar-refractivity contribution in [3.05, 3.63) is 58.0 Å². The van der Waals surface area contributed by atoms with Crippen LogP contribution in [-0.2, 0) is 17.8 Å². The molecule has 2 atom stereocenters. The smallest absolute Gasteiger partial charge is 0.254 e. The summed E-state index contributed by atoms with van der Waals surface area (Å²) in [6.07, 6.45) is 5.72. The number of carbonyl (C=O) groups is 1. The summed E-state index contributed by atoms with van der Waals surface area (Å²) >= 11 is 0. The quantitative estimate of drug-likeness (QED) is 0.876. The van der Waals surface area contributed by atoms with Crippen LogP contribution in [0.4, 0.5) is 0 Å². The SMILES string of the molecule is Cc1ncc(CC(=O)N2C[C@@H]3CC[C@H](C2)N(Cc2ccccn2)C3)c(=O)[nH]1. The highest BCUT2D eigenvalue weighted by Gasteiger charge is 2.36. The monoisotopic (exact) mass is 367 g/mol. The zero-order chi connectivity index (χ0) is 18.8. The van der Waals surface area contributed by atoms with Gasteiger partial charge >= 0.3 is 0 Å². The Morgan fingerprint density at radius 3 is 2.89 bits per heavy atom. The summed E-state index contributed by atoms with van der Waals surface area (Å²) in [4.78, 5) is 40.5. The summed E-state index contributed by atoms with van der Waals surface area (Å²) in [5.41, 5.74) is 1.29. The zero-order valence-electron chi connectivity index (χ0n) is 15.6. The Morgan fingerprint density at radius 1 is 1.22 bits per heavy atom. The van der Waals surface area contributed by atoms with Gasteiger partial charge in [0.2, 0.25) is 5.91 Å². The molecule has 3 saturated heterocycles. The van der Waals surface area contributed by atoms with Crippen LogP contribution in [0.2, 0.25) is 0 Å². The van der Waals surface area contributed by atoms with E-state index in [4.69, 9.17) is 0 Å². The molecule has 0 aromatic carbocycles. The normalized spacial score (nSPS) is 22.6. The van der Waals surface area contributed by atoms with E-state index in [2.05, 4.69) is 25.9 Å². The average molecular weight is 367 g/mol. The van der Waals surface area contributed by atoms with Crippen LogP contribution >= 0.6 is 0 Å². The largest absolute Gasteiger partial charge is 0.341 e. The van der Waals surface area contributed by atoms with E-state index in [1.807, 2.05) is 23.2 Å². The molecular formula is C20H25N5O2. The number of nitrogens with one attached hydrogen (secondary N) is 1. The van der Waals surface area contributed by atoms with Gasteiger partial charge in [-0.3, -0.25) is 19.5 Å². The number of nitrogens with zero attached hydrogens (tertiary/aromatic N) is 4. The predicted molar refractivity (Wildman–Crippen MR) is 101 cm³/mol. The van der Waals surface area contributed by atoms with Crippen LogP contribution in [0, 0.1) is 12.8 Å². The van der Waals surface area contributed by atoms with E-state index in [9.17, 15) is 9.59 Å². The third kappa shape index (κ3) is 4.08. The molecule has 0 unspecified atom stereocenters. The number of hydrogen-bond acceptors (Lipinski definition) is 5. The minimum atomic E-state index is -0.217. The Balaban J connectivity index is 1.45. The summed E-state index contributed by atoms with van der Waals surface area (Å²) in [7, 11) is 0. The van der Waals surface area contributed by atoms with Crippen LogP contribution in [-0.4, -0.2) is 56.3 Å². The fourth-order valence-corrected chi connectivity index (χ4v) is 4.19. The van der Waals surface area contributed by atoms with Crippen molar-refractivity contribution in [3.8, 4) is 0 Å². The molecule has 0 saturated carbocycles. The van der Waals surface area contributed by atoms with E-state index in [1.165, 1.54) is 6.20 Å². The van der Waals surface area contributed by atoms with Gasteiger partial charge in [-0.2, -0.15) is 0 Å². The number of pyridine rings is 1. The van der Waals surface area contributed by atoms with Crippen molar-refractivity contribution in [3.63, 3.8) is 0 Å². The van der Waals surface area contributed by atoms with Gasteiger partial charge in [0.15, 0.2) is 0 Å². The van der Waals surface area contributed by atoms with Gasteiger partial charge in [0.1, 0.15) is 5.82 Å². The number of rotatable bonds is 4. The molecule has 2 bridgehead atoms. The van der Waals surface area contributed by atoms with Crippen molar-refractivity contribution in [1.82, 2.24) is 24.8 Å². The zero-order valence-corrected chi connectivity index (χ0v) is 15.6. The van der Waals surface area contributed by atoms with Crippen LogP contribution in [0.5, 0.6) is 0 Å². The third-order valence-electron chi connectivity index (χ3n) is 5.61. The minimum Gasteiger partial charge on any atom is -0.341 e. The van der Waals surface area contributed by atoms with Crippen molar-refractivity contribution < 1.29 is 4.79 Å². The van der Waals surface area contributed by atoms with Crippen LogP contribution in [0.15, 0.2) is 35.4 Å². The van der Waals surface area contributed by atoms with E-state index in [0.29, 0.717) is 23.3 Å². The van der Waals surface area contributed by atoms with Gasteiger partial charge in [0.25, 0.3) is 5.56 Å². The predicted octanol–water partition coefficient (Wildman–Crippen LogP) is 1.14. The number of carbonyl (C=O) groups excluding carboxylic acids is 1. The molecule has 0 spiro atoms. The van der Waals surface area contributed by atoms with Crippen molar-refractivity contribution in [2.45, 2.75) is 38.8 Å². The highest BCUT2D eigenvalue weighted by Crippen LogP contribution is 2.29. The molecular weight excluding hydrogens is 342 g/mol. The van der Waals surface area contributed by atoms with Gasteiger partial charge in [0.05, 0.1) is 12.1 Å². The molecule has 3 aliphatic rings. The van der Waals surface area contributed by atoms with Crippen molar-refractivity contribution in [2.75, 3.05) is 19.6 Å². The minimum absolute atomic E-state index is 0.0164. The lowest BCUT2D eigenvalue weighted by Gasteiger charge is -2.35. The Kier molecular flexibility index (Phi) is 5.03. The van der Waals surface area contributed by atoms with Gasteiger partial charge in [-0.05, 0) is 37.8 Å². The van der Waals surface area contributed by atoms with E-state index < -0.39 is 0 Å². The van der Waals surface area contributed by atoms with Gasteiger partial charge < -0.3 is 9.88 Å². The lowest BCUT2D eigenvalue weighted by Crippen LogP contribution is -2.44. The lowest BCUT2D eigenvalue weighted by atomic mass is 9.95. The molecule has 1 N–H and O–H groups in total. The van der Waals surface area contributed by atoms with Gasteiger partial charge in [-0.1, -0.05) is 6.07 Å². The summed E-state index contributed by atoms with van der Waals surface area (Å²) < 4.78 is 0. The van der Waals surface area contributed by atoms with E-state index in [-0.39, 0.29) is 17.9 Å².